The molecule has 0 saturated heterocycles. The van der Waals surface area contributed by atoms with Crippen LogP contribution in [0.25, 0.3) is 0 Å². The lowest BCUT2D eigenvalue weighted by atomic mass is 10.0. The number of carbonyl (C=O) groups excluding carboxylic acids is 2. The van der Waals surface area contributed by atoms with Gasteiger partial charge in [0.1, 0.15) is 0 Å². The summed E-state index contributed by atoms with van der Waals surface area (Å²) < 4.78 is 5.47. The van der Waals surface area contributed by atoms with Gasteiger partial charge in [0.15, 0.2) is 0 Å². The van der Waals surface area contributed by atoms with Crippen molar-refractivity contribution in [3.8, 4) is 0 Å². The number of esters is 1. The minimum atomic E-state index is -0.840. The molecule has 1 amide bonds. The van der Waals surface area contributed by atoms with Crippen LogP contribution in [0.4, 0.5) is 0 Å². The Morgan fingerprint density at radius 3 is 1.11 bits per heavy atom. The molecule has 2 unspecified atom stereocenters. The Labute approximate surface area is 405 Å². The van der Waals surface area contributed by atoms with Crippen molar-refractivity contribution in [3.63, 3.8) is 0 Å². The van der Waals surface area contributed by atoms with Crippen molar-refractivity contribution in [3.05, 3.63) is 24.3 Å². The lowest BCUT2D eigenvalue weighted by Crippen LogP contribution is -2.45. The maximum atomic E-state index is 12.4. The van der Waals surface area contributed by atoms with E-state index in [1.165, 1.54) is 244 Å². The van der Waals surface area contributed by atoms with Gasteiger partial charge in [-0.05, 0) is 57.8 Å². The van der Waals surface area contributed by atoms with Crippen molar-refractivity contribution in [1.29, 1.82) is 0 Å². The standard InChI is InChI=1S/C59H113NO5/c1-3-5-7-9-11-13-14-29-33-37-41-45-49-53-59(64)65-54-50-46-42-38-34-31-28-26-24-22-20-18-16-15-17-19-21-23-25-27-30-32-36-40-44-48-52-58(63)60-56(55-61)57(62)51-47-43-39-35-12-10-8-6-4-2/h13-14,47,51,56-57,61-62H,3-12,15-46,48-50,52-55H2,1-2H3,(H,60,63)/b14-13-,51-47+. The van der Waals surface area contributed by atoms with Crippen LogP contribution < -0.4 is 5.32 Å². The Kier molecular flexibility index (Phi) is 53.5. The van der Waals surface area contributed by atoms with Gasteiger partial charge in [0.2, 0.25) is 5.91 Å². The monoisotopic (exact) mass is 916 g/mol. The summed E-state index contributed by atoms with van der Waals surface area (Å²) in [6, 6.07) is -0.623. The van der Waals surface area contributed by atoms with E-state index in [-0.39, 0.29) is 18.5 Å². The molecule has 0 aromatic carbocycles. The van der Waals surface area contributed by atoms with Gasteiger partial charge in [0.05, 0.1) is 25.4 Å². The van der Waals surface area contributed by atoms with Crippen molar-refractivity contribution in [2.45, 2.75) is 328 Å². The molecule has 2 atom stereocenters. The normalized spacial score (nSPS) is 12.7. The number of aliphatic hydroxyl groups excluding tert-OH is 2. The van der Waals surface area contributed by atoms with E-state index in [4.69, 9.17) is 4.74 Å². The van der Waals surface area contributed by atoms with Gasteiger partial charge in [0, 0.05) is 12.8 Å². The van der Waals surface area contributed by atoms with Crippen molar-refractivity contribution in [2.24, 2.45) is 0 Å². The summed E-state index contributed by atoms with van der Waals surface area (Å²) >= 11 is 0. The molecule has 0 rings (SSSR count). The van der Waals surface area contributed by atoms with E-state index in [1.807, 2.05) is 6.08 Å². The molecular weight excluding hydrogens is 803 g/mol. The predicted molar refractivity (Wildman–Crippen MR) is 283 cm³/mol. The van der Waals surface area contributed by atoms with Gasteiger partial charge in [-0.2, -0.15) is 0 Å². The molecule has 6 nitrogen and oxygen atoms in total. The predicted octanol–water partition coefficient (Wildman–Crippen LogP) is 17.9. The molecule has 0 aliphatic rings. The topological polar surface area (TPSA) is 95.9 Å². The first-order valence-corrected chi connectivity index (χ1v) is 29.1. The SMILES string of the molecule is CCCCCC/C=C\CCCCCCCC(=O)OCCCCCCCCCCCCCCCCCCCCCCCCCCCCC(=O)NC(CO)C(O)/C=C/CCCCCCCCC. The molecule has 6 heteroatoms. The molecule has 0 heterocycles. The van der Waals surface area contributed by atoms with Gasteiger partial charge >= 0.3 is 5.97 Å². The van der Waals surface area contributed by atoms with Crippen LogP contribution in [-0.2, 0) is 14.3 Å². The smallest absolute Gasteiger partial charge is 0.305 e. The van der Waals surface area contributed by atoms with E-state index >= 15 is 0 Å². The Morgan fingerprint density at radius 1 is 0.415 bits per heavy atom. The largest absolute Gasteiger partial charge is 0.466 e. The Bertz CT molecular complexity index is 1010. The maximum Gasteiger partial charge on any atom is 0.305 e. The van der Waals surface area contributed by atoms with E-state index in [0.717, 1.165) is 44.9 Å². The van der Waals surface area contributed by atoms with E-state index in [1.54, 1.807) is 6.08 Å². The Balaban J connectivity index is 3.33. The van der Waals surface area contributed by atoms with E-state index < -0.39 is 12.1 Å². The molecule has 65 heavy (non-hydrogen) atoms. The van der Waals surface area contributed by atoms with Gasteiger partial charge < -0.3 is 20.3 Å². The van der Waals surface area contributed by atoms with Gasteiger partial charge in [-0.1, -0.05) is 269 Å². The molecule has 0 bridgehead atoms. The summed E-state index contributed by atoms with van der Waals surface area (Å²) in [6.07, 6.45) is 66.5. The van der Waals surface area contributed by atoms with E-state index in [2.05, 4.69) is 31.3 Å². The number of allylic oxidation sites excluding steroid dienone is 3. The zero-order valence-corrected chi connectivity index (χ0v) is 43.7. The molecule has 0 aromatic heterocycles. The molecular formula is C59H113NO5. The van der Waals surface area contributed by atoms with Crippen LogP contribution in [0.2, 0.25) is 0 Å². The molecule has 0 saturated carbocycles. The lowest BCUT2D eigenvalue weighted by molar-refractivity contribution is -0.143. The van der Waals surface area contributed by atoms with Crippen molar-refractivity contribution < 1.29 is 24.5 Å². The van der Waals surface area contributed by atoms with Gasteiger partial charge in [0.25, 0.3) is 0 Å². The molecule has 0 aliphatic carbocycles. The van der Waals surface area contributed by atoms with Crippen molar-refractivity contribution in [2.75, 3.05) is 13.2 Å². The van der Waals surface area contributed by atoms with Crippen LogP contribution in [-0.4, -0.2) is 47.4 Å². The number of carbonyl (C=O) groups is 2. The Morgan fingerprint density at radius 2 is 0.723 bits per heavy atom. The quantitative estimate of drug-likeness (QED) is 0.0321. The molecule has 0 radical (unpaired) electrons. The fourth-order valence-electron chi connectivity index (χ4n) is 8.98. The first-order valence-electron chi connectivity index (χ1n) is 29.1. The molecule has 384 valence electrons. The van der Waals surface area contributed by atoms with Crippen molar-refractivity contribution >= 4 is 11.9 Å². The van der Waals surface area contributed by atoms with Crippen LogP contribution in [0.5, 0.6) is 0 Å². The third-order valence-corrected chi connectivity index (χ3v) is 13.5. The first-order chi connectivity index (χ1) is 32.0. The molecule has 0 fully saturated rings. The lowest BCUT2D eigenvalue weighted by Gasteiger charge is -2.20. The maximum absolute atomic E-state index is 12.4. The fourth-order valence-corrected chi connectivity index (χ4v) is 8.98. The molecule has 0 aromatic rings. The second-order valence-electron chi connectivity index (χ2n) is 20.0. The molecule has 0 aliphatic heterocycles. The summed E-state index contributed by atoms with van der Waals surface area (Å²) in [7, 11) is 0. The van der Waals surface area contributed by atoms with Crippen LogP contribution in [0.15, 0.2) is 24.3 Å². The number of aliphatic hydroxyl groups is 2. The zero-order valence-electron chi connectivity index (χ0n) is 43.7. The summed E-state index contributed by atoms with van der Waals surface area (Å²) in [6.45, 7) is 4.87. The first kappa shape index (κ1) is 63.3. The van der Waals surface area contributed by atoms with Gasteiger partial charge in [-0.15, -0.1) is 0 Å². The molecule has 0 spiro atoms. The zero-order chi connectivity index (χ0) is 47.2. The highest BCUT2D eigenvalue weighted by Crippen LogP contribution is 2.17. The fraction of sp³-hybridized carbons (Fsp3) is 0.898. The minimum absolute atomic E-state index is 0.00739. The number of hydrogen-bond acceptors (Lipinski definition) is 5. The summed E-state index contributed by atoms with van der Waals surface area (Å²) in [4.78, 5) is 24.4. The minimum Gasteiger partial charge on any atom is -0.466 e. The van der Waals surface area contributed by atoms with E-state index in [0.29, 0.717) is 19.4 Å². The third-order valence-electron chi connectivity index (χ3n) is 13.5. The number of hydrogen-bond donors (Lipinski definition) is 3. The van der Waals surface area contributed by atoms with Crippen LogP contribution >= 0.6 is 0 Å². The summed E-state index contributed by atoms with van der Waals surface area (Å²) in [5, 5.41) is 22.9. The highest BCUT2D eigenvalue weighted by Gasteiger charge is 2.18. The van der Waals surface area contributed by atoms with Crippen LogP contribution in [0, 0.1) is 0 Å². The van der Waals surface area contributed by atoms with Crippen LogP contribution in [0.3, 0.4) is 0 Å². The van der Waals surface area contributed by atoms with Gasteiger partial charge in [-0.25, -0.2) is 0 Å². The third kappa shape index (κ3) is 51.6. The van der Waals surface area contributed by atoms with Crippen molar-refractivity contribution in [1.82, 2.24) is 5.32 Å². The second-order valence-corrected chi connectivity index (χ2v) is 20.0. The molecule has 3 N–H and O–H groups in total. The number of unbranched alkanes of at least 4 members (excludes halogenated alkanes) is 41. The average Bonchev–Trinajstić information content (AvgIpc) is 3.31. The highest BCUT2D eigenvalue weighted by atomic mass is 16.5. The summed E-state index contributed by atoms with van der Waals surface area (Å²) in [5.74, 6) is -0.0605. The number of rotatable bonds is 54. The van der Waals surface area contributed by atoms with Crippen LogP contribution in [0.1, 0.15) is 316 Å². The highest BCUT2D eigenvalue weighted by molar-refractivity contribution is 5.76. The van der Waals surface area contributed by atoms with E-state index in [9.17, 15) is 19.8 Å². The second kappa shape index (κ2) is 54.9. The number of nitrogens with one attached hydrogen (secondary N) is 1. The summed E-state index contributed by atoms with van der Waals surface area (Å²) in [5.41, 5.74) is 0. The number of amides is 1. The Hall–Kier alpha value is -1.66. The average molecular weight is 917 g/mol. The number of ether oxygens (including phenoxy) is 1. The van der Waals surface area contributed by atoms with Gasteiger partial charge in [-0.3, -0.25) is 9.59 Å².